The molecule has 112 valence electrons. The van der Waals surface area contributed by atoms with Crippen LogP contribution in [0.2, 0.25) is 0 Å². The van der Waals surface area contributed by atoms with Crippen molar-refractivity contribution in [3.05, 3.63) is 46.0 Å². The van der Waals surface area contributed by atoms with Crippen LogP contribution in [0, 0.1) is 21.4 Å². The minimum atomic E-state index is -0.322. The number of nitro benzene ring substituents is 1. The summed E-state index contributed by atoms with van der Waals surface area (Å²) in [6, 6.07) is 5.47. The van der Waals surface area contributed by atoms with E-state index in [9.17, 15) is 10.1 Å². The number of benzene rings is 1. The molecular weight excluding hydrogens is 284 g/mol. The van der Waals surface area contributed by atoms with Crippen LogP contribution in [0.5, 0.6) is 0 Å². The van der Waals surface area contributed by atoms with E-state index in [-0.39, 0.29) is 21.9 Å². The second kappa shape index (κ2) is 5.05. The van der Waals surface area contributed by atoms with Gasteiger partial charge >= 0.3 is 0 Å². The standard InChI is InChI=1S/C16H20N2O2S/c1-16(2,9-21)15-12-5-3-4-11(12)13-8-10(18(19)20)6-7-14(13)17-15/h3-4,6-8,11-12,15,17,21H,5,9H2,1-2H3. The molecule has 0 radical (unpaired) electrons. The van der Waals surface area contributed by atoms with Gasteiger partial charge in [0, 0.05) is 29.8 Å². The summed E-state index contributed by atoms with van der Waals surface area (Å²) in [6.45, 7) is 4.45. The van der Waals surface area contributed by atoms with Gasteiger partial charge < -0.3 is 5.32 Å². The first-order chi connectivity index (χ1) is 9.94. The highest BCUT2D eigenvalue weighted by Gasteiger charge is 2.43. The van der Waals surface area contributed by atoms with Gasteiger partial charge in [-0.3, -0.25) is 10.1 Å². The first kappa shape index (κ1) is 14.4. The number of rotatable bonds is 3. The summed E-state index contributed by atoms with van der Waals surface area (Å²) in [4.78, 5) is 10.7. The van der Waals surface area contributed by atoms with Gasteiger partial charge in [0.25, 0.3) is 5.69 Å². The second-order valence-corrected chi connectivity index (χ2v) is 6.97. The Morgan fingerprint density at radius 1 is 1.48 bits per heavy atom. The molecule has 0 saturated heterocycles. The maximum Gasteiger partial charge on any atom is 0.269 e. The number of nitrogens with one attached hydrogen (secondary N) is 1. The fourth-order valence-corrected chi connectivity index (χ4v) is 3.76. The maximum absolute atomic E-state index is 11.0. The normalized spacial score (nSPS) is 26.9. The lowest BCUT2D eigenvalue weighted by molar-refractivity contribution is -0.384. The molecular formula is C16H20N2O2S. The minimum Gasteiger partial charge on any atom is -0.381 e. The van der Waals surface area contributed by atoms with Crippen LogP contribution in [0.25, 0.3) is 0 Å². The molecule has 5 heteroatoms. The molecule has 0 amide bonds. The predicted molar refractivity (Wildman–Crippen MR) is 88.1 cm³/mol. The Labute approximate surface area is 130 Å². The van der Waals surface area contributed by atoms with Crippen molar-refractivity contribution in [3.8, 4) is 0 Å². The highest BCUT2D eigenvalue weighted by Crippen LogP contribution is 2.49. The summed E-state index contributed by atoms with van der Waals surface area (Å²) in [5.41, 5.74) is 2.31. The monoisotopic (exact) mass is 304 g/mol. The number of non-ortho nitro benzene ring substituents is 1. The number of thiol groups is 1. The summed E-state index contributed by atoms with van der Waals surface area (Å²) in [5, 5.41) is 14.6. The molecule has 3 atom stereocenters. The SMILES string of the molecule is CC(C)(CS)C1Nc2ccc([N+](=O)[O-])cc2C2C=CCC21. The lowest BCUT2D eigenvalue weighted by Crippen LogP contribution is -2.47. The zero-order chi connectivity index (χ0) is 15.2. The van der Waals surface area contributed by atoms with E-state index in [4.69, 9.17) is 0 Å². The highest BCUT2D eigenvalue weighted by molar-refractivity contribution is 7.80. The zero-order valence-electron chi connectivity index (χ0n) is 12.2. The molecule has 0 fully saturated rings. The van der Waals surface area contributed by atoms with Gasteiger partial charge in [-0.05, 0) is 35.1 Å². The molecule has 1 aromatic rings. The van der Waals surface area contributed by atoms with E-state index >= 15 is 0 Å². The Bertz CT molecular complexity index is 612. The summed E-state index contributed by atoms with van der Waals surface area (Å²) < 4.78 is 0. The highest BCUT2D eigenvalue weighted by atomic mass is 32.1. The Hall–Kier alpha value is -1.49. The van der Waals surface area contributed by atoms with Crippen LogP contribution in [0.4, 0.5) is 11.4 Å². The molecule has 2 aliphatic rings. The van der Waals surface area contributed by atoms with E-state index in [2.05, 4.69) is 43.9 Å². The number of anilines is 1. The average molecular weight is 304 g/mol. The molecule has 4 nitrogen and oxygen atoms in total. The number of nitrogens with zero attached hydrogens (tertiary/aromatic N) is 1. The van der Waals surface area contributed by atoms with Gasteiger partial charge in [0.2, 0.25) is 0 Å². The van der Waals surface area contributed by atoms with Crippen molar-refractivity contribution in [3.63, 3.8) is 0 Å². The third-order valence-corrected chi connectivity index (χ3v) is 5.62. The van der Waals surface area contributed by atoms with Crippen LogP contribution >= 0.6 is 12.6 Å². The van der Waals surface area contributed by atoms with Gasteiger partial charge in [0.05, 0.1) is 4.92 Å². The van der Waals surface area contributed by atoms with Crippen LogP contribution in [-0.2, 0) is 0 Å². The molecule has 0 spiro atoms. The molecule has 1 heterocycles. The van der Waals surface area contributed by atoms with E-state index in [1.54, 1.807) is 12.1 Å². The molecule has 0 aromatic heterocycles. The fraction of sp³-hybridized carbons (Fsp3) is 0.500. The van der Waals surface area contributed by atoms with E-state index < -0.39 is 0 Å². The van der Waals surface area contributed by atoms with Crippen molar-refractivity contribution in [2.75, 3.05) is 11.1 Å². The van der Waals surface area contributed by atoms with Crippen LogP contribution in [0.15, 0.2) is 30.4 Å². The molecule has 3 unspecified atom stereocenters. The fourth-order valence-electron chi connectivity index (χ4n) is 3.57. The molecule has 0 saturated carbocycles. The smallest absolute Gasteiger partial charge is 0.269 e. The van der Waals surface area contributed by atoms with Gasteiger partial charge in [0.15, 0.2) is 0 Å². The van der Waals surface area contributed by atoms with Crippen molar-refractivity contribution < 1.29 is 4.92 Å². The molecule has 0 bridgehead atoms. The van der Waals surface area contributed by atoms with Crippen LogP contribution < -0.4 is 5.32 Å². The quantitative estimate of drug-likeness (QED) is 0.384. The number of fused-ring (bicyclic) bond motifs is 3. The van der Waals surface area contributed by atoms with Crippen LogP contribution in [-0.4, -0.2) is 16.7 Å². The summed E-state index contributed by atoms with van der Waals surface area (Å²) >= 11 is 4.50. The summed E-state index contributed by atoms with van der Waals surface area (Å²) in [5.74, 6) is 1.52. The Morgan fingerprint density at radius 3 is 2.90 bits per heavy atom. The lowest BCUT2D eigenvalue weighted by Gasteiger charge is -2.45. The number of hydrogen-bond donors (Lipinski definition) is 2. The Balaban J connectivity index is 2.05. The number of hydrogen-bond acceptors (Lipinski definition) is 4. The number of allylic oxidation sites excluding steroid dienone is 2. The van der Waals surface area contributed by atoms with Gasteiger partial charge in [-0.15, -0.1) is 0 Å². The van der Waals surface area contributed by atoms with Crippen molar-refractivity contribution >= 4 is 24.0 Å². The number of nitro groups is 1. The van der Waals surface area contributed by atoms with Crippen LogP contribution in [0.1, 0.15) is 31.7 Å². The Kier molecular flexibility index (Phi) is 3.48. The van der Waals surface area contributed by atoms with Crippen molar-refractivity contribution in [1.82, 2.24) is 0 Å². The predicted octanol–water partition coefficient (Wildman–Crippen LogP) is 4.00. The maximum atomic E-state index is 11.0. The molecule has 1 aromatic carbocycles. The largest absolute Gasteiger partial charge is 0.381 e. The average Bonchev–Trinajstić information content (AvgIpc) is 2.95. The van der Waals surface area contributed by atoms with Crippen molar-refractivity contribution in [2.24, 2.45) is 11.3 Å². The van der Waals surface area contributed by atoms with E-state index in [0.29, 0.717) is 12.0 Å². The molecule has 1 aliphatic carbocycles. The summed E-state index contributed by atoms with van der Waals surface area (Å²) in [7, 11) is 0. The molecule has 3 rings (SSSR count). The van der Waals surface area contributed by atoms with E-state index in [1.807, 2.05) is 6.07 Å². The summed E-state index contributed by atoms with van der Waals surface area (Å²) in [6.07, 6.45) is 5.42. The molecule has 1 aliphatic heterocycles. The van der Waals surface area contributed by atoms with Crippen LogP contribution in [0.3, 0.4) is 0 Å². The second-order valence-electron chi connectivity index (χ2n) is 6.65. The Morgan fingerprint density at radius 2 is 2.24 bits per heavy atom. The van der Waals surface area contributed by atoms with Gasteiger partial charge in [-0.2, -0.15) is 12.6 Å². The molecule has 21 heavy (non-hydrogen) atoms. The first-order valence-electron chi connectivity index (χ1n) is 7.26. The van der Waals surface area contributed by atoms with E-state index in [1.165, 1.54) is 0 Å². The van der Waals surface area contributed by atoms with Gasteiger partial charge in [-0.1, -0.05) is 26.0 Å². The third kappa shape index (κ3) is 2.33. The van der Waals surface area contributed by atoms with Crippen molar-refractivity contribution in [1.29, 1.82) is 0 Å². The van der Waals surface area contributed by atoms with Gasteiger partial charge in [-0.25, -0.2) is 0 Å². The lowest BCUT2D eigenvalue weighted by atomic mass is 9.70. The van der Waals surface area contributed by atoms with Crippen molar-refractivity contribution in [2.45, 2.75) is 32.2 Å². The van der Waals surface area contributed by atoms with Gasteiger partial charge in [0.1, 0.15) is 0 Å². The first-order valence-corrected chi connectivity index (χ1v) is 7.89. The topological polar surface area (TPSA) is 55.2 Å². The van der Waals surface area contributed by atoms with E-state index in [0.717, 1.165) is 23.4 Å². The zero-order valence-corrected chi connectivity index (χ0v) is 13.1. The minimum absolute atomic E-state index is 0.0670. The third-order valence-electron chi connectivity index (χ3n) is 4.81. The molecule has 1 N–H and O–H groups in total.